The molecule has 3 nitrogen and oxygen atoms in total. The molecule has 2 rings (SSSR count). The Bertz CT molecular complexity index is 284. The number of aromatic nitrogens is 2. The van der Waals surface area contributed by atoms with Crippen LogP contribution in [-0.2, 0) is 0 Å². The molecule has 4 heteroatoms. The zero-order chi connectivity index (χ0) is 9.26. The molecule has 0 amide bonds. The highest BCUT2D eigenvalue weighted by molar-refractivity contribution is 6.50. The van der Waals surface area contributed by atoms with Gasteiger partial charge in [0.1, 0.15) is 5.82 Å². The second-order valence-corrected chi connectivity index (χ2v) is 3.79. The van der Waals surface area contributed by atoms with Gasteiger partial charge in [0.2, 0.25) is 0 Å². The van der Waals surface area contributed by atoms with E-state index in [0.29, 0.717) is 6.04 Å². The summed E-state index contributed by atoms with van der Waals surface area (Å²) in [5.74, 6) is 1.15. The lowest BCUT2D eigenvalue weighted by atomic mass is 9.79. The summed E-state index contributed by atoms with van der Waals surface area (Å²) in [4.78, 5) is 10.2. The third kappa shape index (κ3) is 1.63. The monoisotopic (exact) mass is 177 g/mol. The van der Waals surface area contributed by atoms with Crippen molar-refractivity contribution in [3.8, 4) is 0 Å². The van der Waals surface area contributed by atoms with Crippen molar-refractivity contribution >= 4 is 12.9 Å². The number of aromatic amines is 1. The largest absolute Gasteiger partial charge is 0.353 e. The zero-order valence-electron chi connectivity index (χ0n) is 8.38. The lowest BCUT2D eigenvalue weighted by molar-refractivity contribution is 0.307. The standard InChI is InChI=1S/C9H16BN3/c1-10-8-6-11-9(12-8)7-4-3-5-13(7)2/h6-7,10H,3-5H2,1-2H3,(H,11,12)/t7-/m0/s1. The zero-order valence-corrected chi connectivity index (χ0v) is 8.38. The van der Waals surface area contributed by atoms with Crippen molar-refractivity contribution in [3.05, 3.63) is 12.0 Å². The maximum absolute atomic E-state index is 4.42. The molecular weight excluding hydrogens is 161 g/mol. The maximum Gasteiger partial charge on any atom is 0.178 e. The SMILES string of the molecule is CBc1cnc([C@@H]2CCCN2C)[nH]1. The first-order chi connectivity index (χ1) is 6.31. The number of hydrogen-bond donors (Lipinski definition) is 1. The number of nitrogens with zero attached hydrogens (tertiary/aromatic N) is 2. The number of hydrogen-bond acceptors (Lipinski definition) is 2. The van der Waals surface area contributed by atoms with E-state index in [1.807, 2.05) is 6.20 Å². The van der Waals surface area contributed by atoms with Crippen molar-refractivity contribution < 1.29 is 0 Å². The van der Waals surface area contributed by atoms with Crippen LogP contribution in [0.25, 0.3) is 0 Å². The number of nitrogens with one attached hydrogen (secondary N) is 1. The van der Waals surface area contributed by atoms with Crippen LogP contribution in [0.3, 0.4) is 0 Å². The van der Waals surface area contributed by atoms with Gasteiger partial charge in [-0.05, 0) is 32.0 Å². The van der Waals surface area contributed by atoms with Crippen LogP contribution in [0.4, 0.5) is 0 Å². The Morgan fingerprint density at radius 3 is 3.08 bits per heavy atom. The normalized spacial score (nSPS) is 23.7. The molecule has 1 saturated heterocycles. The van der Waals surface area contributed by atoms with E-state index in [1.54, 1.807) is 0 Å². The van der Waals surface area contributed by atoms with Crippen LogP contribution >= 0.6 is 0 Å². The molecule has 1 N–H and O–H groups in total. The summed E-state index contributed by atoms with van der Waals surface area (Å²) in [6, 6.07) is 0.528. The highest BCUT2D eigenvalue weighted by atomic mass is 15.2. The Morgan fingerprint density at radius 2 is 2.54 bits per heavy atom. The Balaban J connectivity index is 2.15. The average Bonchev–Trinajstić information content (AvgIpc) is 2.71. The van der Waals surface area contributed by atoms with Crippen molar-refractivity contribution in [1.82, 2.24) is 14.9 Å². The summed E-state index contributed by atoms with van der Waals surface area (Å²) in [6.07, 6.45) is 4.50. The van der Waals surface area contributed by atoms with E-state index in [2.05, 4.69) is 28.7 Å². The molecule has 0 aromatic carbocycles. The minimum absolute atomic E-state index is 0.528. The van der Waals surface area contributed by atoms with Gasteiger partial charge >= 0.3 is 0 Å². The van der Waals surface area contributed by atoms with Crippen LogP contribution in [-0.4, -0.2) is 35.7 Å². The summed E-state index contributed by atoms with van der Waals surface area (Å²) >= 11 is 0. The molecule has 0 aliphatic carbocycles. The fourth-order valence-electron chi connectivity index (χ4n) is 1.98. The lowest BCUT2D eigenvalue weighted by Gasteiger charge is -2.16. The Morgan fingerprint density at radius 1 is 1.69 bits per heavy atom. The third-order valence-corrected chi connectivity index (χ3v) is 2.87. The summed E-state index contributed by atoms with van der Waals surface area (Å²) in [5.41, 5.74) is 1.25. The molecule has 1 aliphatic heterocycles. The molecule has 1 aliphatic rings. The molecule has 1 atom stereocenters. The van der Waals surface area contributed by atoms with Gasteiger partial charge in [-0.1, -0.05) is 6.82 Å². The molecule has 70 valence electrons. The van der Waals surface area contributed by atoms with E-state index in [0.717, 1.165) is 13.1 Å². The second kappa shape index (κ2) is 3.54. The van der Waals surface area contributed by atoms with Gasteiger partial charge in [0.25, 0.3) is 0 Å². The van der Waals surface area contributed by atoms with Crippen LogP contribution in [0, 0.1) is 0 Å². The summed E-state index contributed by atoms with van der Waals surface area (Å²) in [6.45, 7) is 3.35. The smallest absolute Gasteiger partial charge is 0.178 e. The molecule has 1 aromatic rings. The van der Waals surface area contributed by atoms with Crippen molar-refractivity contribution in [2.45, 2.75) is 25.7 Å². The topological polar surface area (TPSA) is 31.9 Å². The van der Waals surface area contributed by atoms with Gasteiger partial charge in [0.05, 0.1) is 6.04 Å². The predicted octanol–water partition coefficient (Wildman–Crippen LogP) is 0.286. The Hall–Kier alpha value is -0.765. The van der Waals surface area contributed by atoms with Crippen molar-refractivity contribution in [1.29, 1.82) is 0 Å². The average molecular weight is 177 g/mol. The van der Waals surface area contributed by atoms with Gasteiger partial charge in [0, 0.05) is 6.20 Å². The first kappa shape index (κ1) is 8.82. The molecule has 0 spiro atoms. The second-order valence-electron chi connectivity index (χ2n) is 3.79. The summed E-state index contributed by atoms with van der Waals surface area (Å²) < 4.78 is 0. The highest BCUT2D eigenvalue weighted by Gasteiger charge is 2.24. The van der Waals surface area contributed by atoms with Crippen LogP contribution in [0.15, 0.2) is 6.20 Å². The van der Waals surface area contributed by atoms with Crippen molar-refractivity contribution in [3.63, 3.8) is 0 Å². The van der Waals surface area contributed by atoms with E-state index in [4.69, 9.17) is 0 Å². The number of likely N-dealkylation sites (tertiary alicyclic amines) is 1. The molecule has 13 heavy (non-hydrogen) atoms. The van der Waals surface area contributed by atoms with Crippen molar-refractivity contribution in [2.24, 2.45) is 0 Å². The fourth-order valence-corrected chi connectivity index (χ4v) is 1.98. The first-order valence-electron chi connectivity index (χ1n) is 5.05. The predicted molar refractivity (Wildman–Crippen MR) is 55.8 cm³/mol. The minimum atomic E-state index is 0.528. The van der Waals surface area contributed by atoms with Crippen molar-refractivity contribution in [2.75, 3.05) is 13.6 Å². The maximum atomic E-state index is 4.42. The lowest BCUT2D eigenvalue weighted by Crippen LogP contribution is -2.20. The molecule has 0 saturated carbocycles. The molecule has 0 unspecified atom stereocenters. The van der Waals surface area contributed by atoms with E-state index < -0.39 is 0 Å². The minimum Gasteiger partial charge on any atom is -0.353 e. The summed E-state index contributed by atoms with van der Waals surface area (Å²) in [7, 11) is 3.22. The first-order valence-corrected chi connectivity index (χ1v) is 5.05. The van der Waals surface area contributed by atoms with Gasteiger partial charge in [-0.25, -0.2) is 4.98 Å². The number of H-pyrrole nitrogens is 1. The number of rotatable bonds is 2. The van der Waals surface area contributed by atoms with Gasteiger partial charge in [-0.2, -0.15) is 0 Å². The van der Waals surface area contributed by atoms with Crippen LogP contribution in [0.2, 0.25) is 6.82 Å². The summed E-state index contributed by atoms with van der Waals surface area (Å²) in [5, 5.41) is 0. The van der Waals surface area contributed by atoms with E-state index in [-0.39, 0.29) is 0 Å². The van der Waals surface area contributed by atoms with Crippen LogP contribution < -0.4 is 5.59 Å². The molecule has 1 aromatic heterocycles. The Labute approximate surface area is 79.8 Å². The molecule has 0 radical (unpaired) electrons. The quantitative estimate of drug-likeness (QED) is 0.658. The van der Waals surface area contributed by atoms with Gasteiger partial charge in [0.15, 0.2) is 7.28 Å². The Kier molecular flexibility index (Phi) is 2.40. The van der Waals surface area contributed by atoms with E-state index in [9.17, 15) is 0 Å². The van der Waals surface area contributed by atoms with Gasteiger partial charge < -0.3 is 4.98 Å². The van der Waals surface area contributed by atoms with Gasteiger partial charge in [-0.3, -0.25) is 4.90 Å². The molecule has 2 heterocycles. The molecular formula is C9H16BN3. The highest BCUT2D eigenvalue weighted by Crippen LogP contribution is 2.27. The number of imidazole rings is 1. The third-order valence-electron chi connectivity index (χ3n) is 2.87. The van der Waals surface area contributed by atoms with E-state index >= 15 is 0 Å². The fraction of sp³-hybridized carbons (Fsp3) is 0.667. The van der Waals surface area contributed by atoms with E-state index in [1.165, 1.54) is 25.0 Å². The van der Waals surface area contributed by atoms with Crippen LogP contribution in [0.1, 0.15) is 24.7 Å². The molecule has 1 fully saturated rings. The molecule has 0 bridgehead atoms. The van der Waals surface area contributed by atoms with Gasteiger partial charge in [-0.15, -0.1) is 0 Å². The van der Waals surface area contributed by atoms with Crippen LogP contribution in [0.5, 0.6) is 0 Å².